The van der Waals surface area contributed by atoms with Crippen LogP contribution in [-0.2, 0) is 0 Å². The maximum Gasteiger partial charge on any atom is -0.00128 e. The van der Waals surface area contributed by atoms with Crippen LogP contribution in [-0.4, -0.2) is 32.1 Å². The monoisotopic (exact) mass is 182 g/mol. The summed E-state index contributed by atoms with van der Waals surface area (Å²) in [6.45, 7) is 1.91. The number of hydrogen-bond donors (Lipinski definition) is 1. The zero-order chi connectivity index (χ0) is 5.70. The minimum absolute atomic E-state index is 0. The van der Waals surface area contributed by atoms with E-state index in [0.717, 1.165) is 19.5 Å². The Morgan fingerprint density at radius 2 is 1.88 bits per heavy atom. The van der Waals surface area contributed by atoms with Crippen LogP contribution in [0.2, 0.25) is 0 Å². The van der Waals surface area contributed by atoms with Crippen LogP contribution in [0.1, 0.15) is 6.42 Å². The summed E-state index contributed by atoms with van der Waals surface area (Å²) in [6.07, 6.45) is 1.10. The van der Waals surface area contributed by atoms with Crippen molar-refractivity contribution in [3.63, 3.8) is 0 Å². The number of hydrogen-bond acceptors (Lipinski definition) is 2. The minimum Gasteiger partial charge on any atom is -0.330 e. The lowest BCUT2D eigenvalue weighted by Crippen LogP contribution is -2.16. The Kier molecular flexibility index (Phi) is 10.4. The van der Waals surface area contributed by atoms with E-state index in [1.165, 1.54) is 0 Å². The second-order valence-electron chi connectivity index (χ2n) is 1.95. The van der Waals surface area contributed by atoms with E-state index in [0.29, 0.717) is 0 Å². The minimum atomic E-state index is 0. The number of rotatable bonds is 3. The summed E-state index contributed by atoms with van der Waals surface area (Å²) in [5, 5.41) is 0. The molecule has 0 rings (SSSR count). The molecule has 0 spiro atoms. The summed E-state index contributed by atoms with van der Waals surface area (Å²) in [4.78, 5) is 2.13. The molecular formula is C5H15BrN2. The third kappa shape index (κ3) is 9.64. The van der Waals surface area contributed by atoms with Crippen molar-refractivity contribution in [2.75, 3.05) is 27.2 Å². The van der Waals surface area contributed by atoms with Crippen molar-refractivity contribution >= 4 is 17.0 Å². The molecule has 0 aromatic carbocycles. The maximum absolute atomic E-state index is 5.25. The molecule has 8 heavy (non-hydrogen) atoms. The molecule has 0 saturated heterocycles. The van der Waals surface area contributed by atoms with E-state index in [-0.39, 0.29) is 17.0 Å². The topological polar surface area (TPSA) is 29.3 Å². The van der Waals surface area contributed by atoms with Gasteiger partial charge in [0.15, 0.2) is 0 Å². The Morgan fingerprint density at radius 1 is 1.38 bits per heavy atom. The van der Waals surface area contributed by atoms with Gasteiger partial charge in [0, 0.05) is 0 Å². The molecule has 52 valence electrons. The highest BCUT2D eigenvalue weighted by molar-refractivity contribution is 8.93. The molecular weight excluding hydrogens is 168 g/mol. The van der Waals surface area contributed by atoms with E-state index >= 15 is 0 Å². The molecule has 0 aromatic rings. The predicted molar refractivity (Wildman–Crippen MR) is 42.5 cm³/mol. The first kappa shape index (κ1) is 11.2. The number of nitrogens with zero attached hydrogens (tertiary/aromatic N) is 1. The van der Waals surface area contributed by atoms with Crippen molar-refractivity contribution in [3.05, 3.63) is 0 Å². The Morgan fingerprint density at radius 3 is 2.00 bits per heavy atom. The van der Waals surface area contributed by atoms with E-state index in [2.05, 4.69) is 19.0 Å². The Hall–Kier alpha value is 0.400. The highest BCUT2D eigenvalue weighted by Gasteiger charge is 1.83. The Bertz CT molecular complexity index is 39.4. The van der Waals surface area contributed by atoms with Gasteiger partial charge in [-0.1, -0.05) is 0 Å². The van der Waals surface area contributed by atoms with Crippen LogP contribution < -0.4 is 5.73 Å². The van der Waals surface area contributed by atoms with Crippen molar-refractivity contribution in [1.29, 1.82) is 0 Å². The van der Waals surface area contributed by atoms with Crippen LogP contribution in [0.3, 0.4) is 0 Å². The predicted octanol–water partition coefficient (Wildman–Crippen LogP) is 0.475. The van der Waals surface area contributed by atoms with Gasteiger partial charge in [-0.3, -0.25) is 0 Å². The zero-order valence-electron chi connectivity index (χ0n) is 5.55. The molecule has 0 fully saturated rings. The van der Waals surface area contributed by atoms with Crippen LogP contribution in [0.25, 0.3) is 0 Å². The van der Waals surface area contributed by atoms with Crippen molar-refractivity contribution in [2.45, 2.75) is 6.42 Å². The van der Waals surface area contributed by atoms with E-state index in [4.69, 9.17) is 5.73 Å². The highest BCUT2D eigenvalue weighted by Crippen LogP contribution is 1.76. The molecule has 0 aliphatic heterocycles. The fourth-order valence-electron chi connectivity index (χ4n) is 0.408. The van der Waals surface area contributed by atoms with E-state index in [9.17, 15) is 0 Å². The van der Waals surface area contributed by atoms with Gasteiger partial charge < -0.3 is 10.6 Å². The van der Waals surface area contributed by atoms with Gasteiger partial charge in [0.25, 0.3) is 0 Å². The summed E-state index contributed by atoms with van der Waals surface area (Å²) in [6, 6.07) is 0. The first-order valence-electron chi connectivity index (χ1n) is 2.62. The van der Waals surface area contributed by atoms with Gasteiger partial charge in [0.1, 0.15) is 0 Å². The quantitative estimate of drug-likeness (QED) is 0.689. The van der Waals surface area contributed by atoms with E-state index in [1.54, 1.807) is 0 Å². The van der Waals surface area contributed by atoms with Gasteiger partial charge in [0.2, 0.25) is 0 Å². The van der Waals surface area contributed by atoms with Crippen molar-refractivity contribution in [2.24, 2.45) is 5.73 Å². The Balaban J connectivity index is 0. The first-order chi connectivity index (χ1) is 3.27. The van der Waals surface area contributed by atoms with E-state index in [1.807, 2.05) is 0 Å². The molecule has 2 N–H and O–H groups in total. The van der Waals surface area contributed by atoms with Gasteiger partial charge in [-0.05, 0) is 33.6 Å². The van der Waals surface area contributed by atoms with Crippen LogP contribution in [0.15, 0.2) is 0 Å². The smallest absolute Gasteiger partial charge is 0.00128 e. The summed E-state index contributed by atoms with van der Waals surface area (Å²) in [7, 11) is 4.10. The third-order valence-corrected chi connectivity index (χ3v) is 0.809. The molecule has 0 bridgehead atoms. The van der Waals surface area contributed by atoms with Gasteiger partial charge >= 0.3 is 0 Å². The average Bonchev–Trinajstić information content (AvgIpc) is 1.61. The Labute approximate surface area is 61.8 Å². The van der Waals surface area contributed by atoms with Gasteiger partial charge in [-0.25, -0.2) is 0 Å². The fourth-order valence-corrected chi connectivity index (χ4v) is 0.408. The summed E-state index contributed by atoms with van der Waals surface area (Å²) >= 11 is 0. The van der Waals surface area contributed by atoms with Crippen molar-refractivity contribution < 1.29 is 0 Å². The standard InChI is InChI=1S/C5H14N2.BrH/c1-7(2)5-3-4-6;/h3-6H2,1-2H3;1H. The summed E-state index contributed by atoms with van der Waals surface area (Å²) in [5.74, 6) is 0. The number of nitrogens with two attached hydrogens (primary N) is 1. The van der Waals surface area contributed by atoms with Crippen molar-refractivity contribution in [3.8, 4) is 0 Å². The molecule has 0 saturated carbocycles. The van der Waals surface area contributed by atoms with E-state index < -0.39 is 0 Å². The van der Waals surface area contributed by atoms with Crippen LogP contribution in [0, 0.1) is 0 Å². The molecule has 0 amide bonds. The zero-order valence-corrected chi connectivity index (χ0v) is 7.27. The largest absolute Gasteiger partial charge is 0.330 e. The fraction of sp³-hybridized carbons (Fsp3) is 1.00. The lowest BCUT2D eigenvalue weighted by atomic mass is 10.4. The summed E-state index contributed by atoms with van der Waals surface area (Å²) in [5.41, 5.74) is 5.25. The van der Waals surface area contributed by atoms with Crippen LogP contribution >= 0.6 is 17.0 Å². The van der Waals surface area contributed by atoms with Gasteiger partial charge in [-0.2, -0.15) is 0 Å². The second kappa shape index (κ2) is 7.40. The molecule has 0 aliphatic rings. The van der Waals surface area contributed by atoms with Crippen LogP contribution in [0.5, 0.6) is 0 Å². The molecule has 0 atom stereocenters. The van der Waals surface area contributed by atoms with Gasteiger partial charge in [-0.15, -0.1) is 17.0 Å². The first-order valence-corrected chi connectivity index (χ1v) is 2.62. The molecule has 3 heteroatoms. The molecule has 2 nitrogen and oxygen atoms in total. The van der Waals surface area contributed by atoms with Crippen LogP contribution in [0.4, 0.5) is 0 Å². The van der Waals surface area contributed by atoms with Crippen molar-refractivity contribution in [1.82, 2.24) is 4.90 Å². The summed E-state index contributed by atoms with van der Waals surface area (Å²) < 4.78 is 0. The molecule has 0 heterocycles. The normalized spacial score (nSPS) is 9.00. The lowest BCUT2D eigenvalue weighted by Gasteiger charge is -2.05. The third-order valence-electron chi connectivity index (χ3n) is 0.809. The second-order valence-corrected chi connectivity index (χ2v) is 1.95. The molecule has 0 aliphatic carbocycles. The van der Waals surface area contributed by atoms with Gasteiger partial charge in [0.05, 0.1) is 0 Å². The maximum atomic E-state index is 5.25. The lowest BCUT2D eigenvalue weighted by molar-refractivity contribution is 0.403. The molecule has 0 radical (unpaired) electrons. The SMILES string of the molecule is Br.CN(C)CCCN. The molecule has 0 aromatic heterocycles. The average molecular weight is 183 g/mol. The highest BCUT2D eigenvalue weighted by atomic mass is 79.9. The molecule has 0 unspecified atom stereocenters. The number of halogens is 1.